The molecule has 0 aliphatic heterocycles. The van der Waals surface area contributed by atoms with Gasteiger partial charge in [0.1, 0.15) is 0 Å². The van der Waals surface area contributed by atoms with E-state index in [1.165, 1.54) is 67.9 Å². The highest BCUT2D eigenvalue weighted by Crippen LogP contribution is 2.50. The van der Waals surface area contributed by atoms with E-state index in [-0.39, 0.29) is 0 Å². The Morgan fingerprint density at radius 3 is 1.56 bits per heavy atom. The molecule has 9 aromatic carbocycles. The fourth-order valence-electron chi connectivity index (χ4n) is 9.48. The van der Waals surface area contributed by atoms with Gasteiger partial charge in [0, 0.05) is 79.1 Å². The van der Waals surface area contributed by atoms with Gasteiger partial charge in [0.15, 0.2) is 17.5 Å². The lowest BCUT2D eigenvalue weighted by Crippen LogP contribution is -2.01. The number of rotatable bonds is 6. The van der Waals surface area contributed by atoms with Gasteiger partial charge in [0.2, 0.25) is 0 Å². The Kier molecular flexibility index (Phi) is 8.22. The molecule has 0 bridgehead atoms. The molecule has 0 radical (unpaired) electrons. The molecule has 0 N–H and O–H groups in total. The molecule has 0 atom stereocenters. The highest BCUT2D eigenvalue weighted by atomic mass is 32.1. The molecule has 13 rings (SSSR count). The van der Waals surface area contributed by atoms with E-state index in [1.807, 2.05) is 59.1 Å². The number of hydrogen-bond donors (Lipinski definition) is 0. The predicted octanol–water partition coefficient (Wildman–Crippen LogP) is 16.0. The Morgan fingerprint density at radius 2 is 0.857 bits per heavy atom. The van der Waals surface area contributed by atoms with Crippen molar-refractivity contribution in [3.05, 3.63) is 206 Å². The summed E-state index contributed by atoms with van der Waals surface area (Å²) in [7, 11) is 0. The number of aromatic nitrogens is 4. The molecule has 0 aliphatic rings. The van der Waals surface area contributed by atoms with Crippen molar-refractivity contribution in [2.75, 3.05) is 0 Å². The second-order valence-corrected chi connectivity index (χ2v) is 18.0. The molecule has 0 spiro atoms. The van der Waals surface area contributed by atoms with Crippen molar-refractivity contribution in [1.82, 2.24) is 19.5 Å². The summed E-state index contributed by atoms with van der Waals surface area (Å²) in [4.78, 5) is 15.9. The first-order valence-corrected chi connectivity index (χ1v) is 22.7. The van der Waals surface area contributed by atoms with E-state index >= 15 is 0 Å². The maximum absolute atomic E-state index is 5.41. The van der Waals surface area contributed by atoms with Crippen molar-refractivity contribution in [1.29, 1.82) is 0 Å². The molecule has 0 fully saturated rings. The quantitative estimate of drug-likeness (QED) is 0.168. The Balaban J connectivity index is 1.11. The van der Waals surface area contributed by atoms with Gasteiger partial charge >= 0.3 is 0 Å². The van der Waals surface area contributed by atoms with E-state index in [1.54, 1.807) is 0 Å². The maximum atomic E-state index is 5.41. The van der Waals surface area contributed by atoms with Crippen LogP contribution in [0, 0.1) is 0 Å². The minimum atomic E-state index is 0.638. The second-order valence-electron chi connectivity index (χ2n) is 15.9. The molecule has 13 aromatic rings. The highest BCUT2D eigenvalue weighted by Gasteiger charge is 2.24. The minimum Gasteiger partial charge on any atom is -0.309 e. The summed E-state index contributed by atoms with van der Waals surface area (Å²) in [6, 6.07) is 73.7. The summed E-state index contributed by atoms with van der Waals surface area (Å²) in [5, 5.41) is 7.43. The number of hydrogen-bond acceptors (Lipinski definition) is 5. The van der Waals surface area contributed by atoms with Gasteiger partial charge in [0.25, 0.3) is 0 Å². The number of nitrogens with zero attached hydrogens (tertiary/aromatic N) is 4. The average molecular weight is 839 g/mol. The third kappa shape index (κ3) is 5.76. The van der Waals surface area contributed by atoms with Crippen LogP contribution in [0.5, 0.6) is 0 Å². The largest absolute Gasteiger partial charge is 0.309 e. The first-order chi connectivity index (χ1) is 31.2. The molecule has 0 aliphatic carbocycles. The van der Waals surface area contributed by atoms with Crippen molar-refractivity contribution in [3.63, 3.8) is 0 Å². The fourth-order valence-corrected chi connectivity index (χ4v) is 11.8. The van der Waals surface area contributed by atoms with Crippen LogP contribution >= 0.6 is 22.7 Å². The highest BCUT2D eigenvalue weighted by molar-refractivity contribution is 7.27. The monoisotopic (exact) mass is 838 g/mol. The van der Waals surface area contributed by atoms with Gasteiger partial charge in [-0.25, -0.2) is 15.0 Å². The summed E-state index contributed by atoms with van der Waals surface area (Å²) in [6.07, 6.45) is 0. The van der Waals surface area contributed by atoms with Gasteiger partial charge in [-0.1, -0.05) is 164 Å². The molecule has 0 amide bonds. The van der Waals surface area contributed by atoms with E-state index in [9.17, 15) is 0 Å². The van der Waals surface area contributed by atoms with Crippen LogP contribution in [0.4, 0.5) is 0 Å². The SMILES string of the molecule is c1ccc(-c2nc(-c3ccccc3)nc(-c3c(-c4ccc(-n5c6ccccc6c6ccccc65)cc4)ccc4sc5cccc(-c6cccc7c6sc6ccccc67)c5c34)n2)cc1. The van der Waals surface area contributed by atoms with Crippen LogP contribution in [0.25, 0.3) is 124 Å². The Morgan fingerprint density at radius 1 is 0.317 bits per heavy atom. The molecule has 0 saturated heterocycles. The zero-order valence-corrected chi connectivity index (χ0v) is 35.4. The summed E-state index contributed by atoms with van der Waals surface area (Å²) in [5.74, 6) is 1.92. The molecule has 294 valence electrons. The topological polar surface area (TPSA) is 43.6 Å². The molecule has 0 saturated carbocycles. The van der Waals surface area contributed by atoms with E-state index in [2.05, 4.69) is 174 Å². The van der Waals surface area contributed by atoms with E-state index < -0.39 is 0 Å². The lowest BCUT2D eigenvalue weighted by Gasteiger charge is -2.16. The number of benzene rings is 9. The summed E-state index contributed by atoms with van der Waals surface area (Å²) in [6.45, 7) is 0. The molecule has 0 unspecified atom stereocenters. The van der Waals surface area contributed by atoms with Crippen LogP contribution in [0.15, 0.2) is 206 Å². The van der Waals surface area contributed by atoms with Gasteiger partial charge in [0.05, 0.1) is 11.0 Å². The Labute approximate surface area is 370 Å². The standard InChI is InChI=1S/C57H34N4S2/c1-3-15-36(16-4-1)55-58-56(37-17-5-2-6-18-37)60-57(59-55)52-39(35-29-31-38(32-30-35)61-46-25-10-7-19-40(46)41-20-8-11-26-47(41)61)33-34-50-53(52)51-43(22-14-28-49(51)62-50)45-24-13-23-44-42-21-9-12-27-48(42)63-54(44)45/h1-34H. The zero-order valence-electron chi connectivity index (χ0n) is 33.7. The third-order valence-electron chi connectivity index (χ3n) is 12.3. The number of para-hydroxylation sites is 2. The lowest BCUT2D eigenvalue weighted by molar-refractivity contribution is 1.08. The van der Waals surface area contributed by atoms with E-state index in [0.717, 1.165) is 38.9 Å². The predicted molar refractivity (Wildman–Crippen MR) is 267 cm³/mol. The van der Waals surface area contributed by atoms with Crippen molar-refractivity contribution in [2.24, 2.45) is 0 Å². The number of fused-ring (bicyclic) bond motifs is 9. The van der Waals surface area contributed by atoms with Crippen LogP contribution in [0.3, 0.4) is 0 Å². The molecular formula is C57H34N4S2. The molecule has 4 heterocycles. The van der Waals surface area contributed by atoms with Gasteiger partial charge in [-0.15, -0.1) is 22.7 Å². The van der Waals surface area contributed by atoms with Crippen LogP contribution in [0.2, 0.25) is 0 Å². The van der Waals surface area contributed by atoms with Crippen LogP contribution in [0.1, 0.15) is 0 Å². The Hall–Kier alpha value is -7.77. The van der Waals surface area contributed by atoms with Gasteiger partial charge in [-0.2, -0.15) is 0 Å². The minimum absolute atomic E-state index is 0.638. The van der Waals surface area contributed by atoms with Crippen molar-refractivity contribution < 1.29 is 0 Å². The van der Waals surface area contributed by atoms with Crippen LogP contribution in [-0.2, 0) is 0 Å². The van der Waals surface area contributed by atoms with Crippen molar-refractivity contribution in [3.8, 4) is 62.1 Å². The zero-order chi connectivity index (χ0) is 41.4. The third-order valence-corrected chi connectivity index (χ3v) is 14.6. The summed E-state index contributed by atoms with van der Waals surface area (Å²) in [5.41, 5.74) is 10.9. The van der Waals surface area contributed by atoms with Crippen LogP contribution in [-0.4, -0.2) is 19.5 Å². The normalized spacial score (nSPS) is 11.8. The van der Waals surface area contributed by atoms with Crippen LogP contribution < -0.4 is 0 Å². The molecule has 6 heteroatoms. The Bertz CT molecular complexity index is 3790. The van der Waals surface area contributed by atoms with Crippen molar-refractivity contribution >= 4 is 84.8 Å². The maximum Gasteiger partial charge on any atom is 0.165 e. The molecule has 4 nitrogen and oxygen atoms in total. The smallest absolute Gasteiger partial charge is 0.165 e. The van der Waals surface area contributed by atoms with Crippen molar-refractivity contribution in [2.45, 2.75) is 0 Å². The van der Waals surface area contributed by atoms with E-state index in [0.29, 0.717) is 17.5 Å². The van der Waals surface area contributed by atoms with Gasteiger partial charge in [-0.05, 0) is 59.2 Å². The molecule has 63 heavy (non-hydrogen) atoms. The first kappa shape index (κ1) is 35.9. The summed E-state index contributed by atoms with van der Waals surface area (Å²) < 4.78 is 7.37. The first-order valence-electron chi connectivity index (χ1n) is 21.1. The fraction of sp³-hybridized carbons (Fsp3) is 0. The number of thiophene rings is 2. The molecular weight excluding hydrogens is 805 g/mol. The average Bonchev–Trinajstić information content (AvgIpc) is 4.04. The van der Waals surface area contributed by atoms with E-state index in [4.69, 9.17) is 15.0 Å². The lowest BCUT2D eigenvalue weighted by atomic mass is 9.91. The second kappa shape index (κ2) is 14.4. The molecule has 4 aromatic heterocycles. The summed E-state index contributed by atoms with van der Waals surface area (Å²) >= 11 is 3.70. The van der Waals surface area contributed by atoms with Gasteiger partial charge < -0.3 is 4.57 Å². The van der Waals surface area contributed by atoms with Gasteiger partial charge in [-0.3, -0.25) is 0 Å².